The molecule has 2 amide bonds. The van der Waals surface area contributed by atoms with E-state index < -0.39 is 35.9 Å². The number of hydrogen-bond acceptors (Lipinski definition) is 5. The summed E-state index contributed by atoms with van der Waals surface area (Å²) in [5, 5.41) is 14.3. The molecule has 0 radical (unpaired) electrons. The van der Waals surface area contributed by atoms with E-state index >= 15 is 0 Å². The number of rotatable bonds is 9. The van der Waals surface area contributed by atoms with Crippen molar-refractivity contribution in [3.05, 3.63) is 54.1 Å². The Bertz CT molecular complexity index is 763. The molecule has 27 heavy (non-hydrogen) atoms. The molecule has 0 saturated heterocycles. The number of carboxylic acids is 1. The largest absolute Gasteiger partial charge is 0.480 e. The Morgan fingerprint density at radius 3 is 2.44 bits per heavy atom. The van der Waals surface area contributed by atoms with Crippen molar-refractivity contribution in [1.29, 1.82) is 0 Å². The summed E-state index contributed by atoms with van der Waals surface area (Å²) in [7, 11) is 0. The Labute approximate surface area is 156 Å². The van der Waals surface area contributed by atoms with Gasteiger partial charge in [-0.15, -0.1) is 0 Å². The summed E-state index contributed by atoms with van der Waals surface area (Å²) < 4.78 is 0. The molecule has 0 fully saturated rings. The lowest BCUT2D eigenvalue weighted by Gasteiger charge is -2.20. The summed E-state index contributed by atoms with van der Waals surface area (Å²) in [5.41, 5.74) is 7.23. The number of aromatic nitrogens is 2. The number of hydrogen-bond donors (Lipinski definition) is 5. The van der Waals surface area contributed by atoms with Crippen LogP contribution in [0.1, 0.15) is 18.2 Å². The molecule has 0 aliphatic rings. The molecular formula is C18H23N5O4. The first kappa shape index (κ1) is 20.1. The summed E-state index contributed by atoms with van der Waals surface area (Å²) in [6.45, 7) is 1.47. The van der Waals surface area contributed by atoms with Gasteiger partial charge in [-0.1, -0.05) is 30.3 Å². The van der Waals surface area contributed by atoms with Gasteiger partial charge in [-0.2, -0.15) is 0 Å². The smallest absolute Gasteiger partial charge is 0.326 e. The number of aliphatic carboxylic acids is 1. The average molecular weight is 373 g/mol. The van der Waals surface area contributed by atoms with Crippen LogP contribution in [0.15, 0.2) is 42.9 Å². The summed E-state index contributed by atoms with van der Waals surface area (Å²) in [4.78, 5) is 42.6. The van der Waals surface area contributed by atoms with E-state index in [1.807, 2.05) is 6.07 Å². The lowest BCUT2D eigenvalue weighted by atomic mass is 10.1. The average Bonchev–Trinajstić information content (AvgIpc) is 3.14. The van der Waals surface area contributed by atoms with Crippen LogP contribution in [-0.2, 0) is 27.2 Å². The molecule has 6 N–H and O–H groups in total. The number of amides is 2. The van der Waals surface area contributed by atoms with Gasteiger partial charge in [0.1, 0.15) is 12.1 Å². The minimum atomic E-state index is -1.15. The van der Waals surface area contributed by atoms with Crippen LogP contribution >= 0.6 is 0 Å². The molecule has 144 valence electrons. The molecule has 1 aromatic carbocycles. The molecule has 0 saturated carbocycles. The Hall–Kier alpha value is -3.20. The first-order chi connectivity index (χ1) is 12.9. The maximum Gasteiger partial charge on any atom is 0.326 e. The number of nitrogens with one attached hydrogen (secondary N) is 3. The lowest BCUT2D eigenvalue weighted by Crippen LogP contribution is -2.54. The number of H-pyrrole nitrogens is 1. The molecule has 0 aliphatic heterocycles. The van der Waals surface area contributed by atoms with Crippen molar-refractivity contribution in [2.45, 2.75) is 37.9 Å². The van der Waals surface area contributed by atoms with Crippen molar-refractivity contribution in [3.63, 3.8) is 0 Å². The number of carboxylic acid groups (broad SMARTS) is 1. The third-order valence-corrected chi connectivity index (χ3v) is 3.97. The Morgan fingerprint density at radius 1 is 1.15 bits per heavy atom. The van der Waals surface area contributed by atoms with Crippen LogP contribution in [0.4, 0.5) is 0 Å². The topological polar surface area (TPSA) is 150 Å². The number of benzene rings is 1. The van der Waals surface area contributed by atoms with Gasteiger partial charge >= 0.3 is 5.97 Å². The molecule has 9 heteroatoms. The molecule has 3 atom stereocenters. The second-order valence-electron chi connectivity index (χ2n) is 6.19. The van der Waals surface area contributed by atoms with Crippen molar-refractivity contribution in [2.24, 2.45) is 5.73 Å². The quantitative estimate of drug-likeness (QED) is 0.403. The number of aromatic amines is 1. The van der Waals surface area contributed by atoms with E-state index in [9.17, 15) is 19.5 Å². The minimum absolute atomic E-state index is 0.140. The van der Waals surface area contributed by atoms with Crippen LogP contribution in [0.5, 0.6) is 0 Å². The van der Waals surface area contributed by atoms with Crippen molar-refractivity contribution < 1.29 is 19.5 Å². The second-order valence-corrected chi connectivity index (χ2v) is 6.19. The maximum atomic E-state index is 12.3. The zero-order valence-electron chi connectivity index (χ0n) is 14.9. The molecule has 0 spiro atoms. The highest BCUT2D eigenvalue weighted by atomic mass is 16.4. The van der Waals surface area contributed by atoms with E-state index in [-0.39, 0.29) is 12.8 Å². The Kier molecular flexibility index (Phi) is 7.07. The lowest BCUT2D eigenvalue weighted by molar-refractivity contribution is -0.142. The first-order valence-corrected chi connectivity index (χ1v) is 8.47. The molecular weight excluding hydrogens is 350 g/mol. The molecule has 0 unspecified atom stereocenters. The fraction of sp³-hybridized carbons (Fsp3) is 0.333. The van der Waals surface area contributed by atoms with E-state index in [1.165, 1.54) is 13.3 Å². The fourth-order valence-electron chi connectivity index (χ4n) is 2.45. The van der Waals surface area contributed by atoms with Gasteiger partial charge in [0.25, 0.3) is 0 Å². The number of carbonyl (C=O) groups is 3. The van der Waals surface area contributed by atoms with Crippen molar-refractivity contribution in [1.82, 2.24) is 20.6 Å². The highest BCUT2D eigenvalue weighted by molar-refractivity contribution is 5.91. The van der Waals surface area contributed by atoms with Gasteiger partial charge in [-0.05, 0) is 12.5 Å². The predicted octanol–water partition coefficient (Wildman–Crippen LogP) is -0.404. The van der Waals surface area contributed by atoms with Gasteiger partial charge < -0.3 is 26.5 Å². The normalized spacial score (nSPS) is 14.0. The van der Waals surface area contributed by atoms with E-state index in [1.54, 1.807) is 30.5 Å². The standard InChI is InChI=1S/C18H23N5O4/c1-11(22-17(25)14(19)8-13-9-20-10-21-13)16(24)23-15(18(26)27)7-12-5-3-2-4-6-12/h2-6,9-11,14-15H,7-8,19H2,1H3,(H,20,21)(H,22,25)(H,23,24)(H,26,27)/t11-,14-,15-/m0/s1. The zero-order valence-corrected chi connectivity index (χ0v) is 14.9. The van der Waals surface area contributed by atoms with Crippen molar-refractivity contribution >= 4 is 17.8 Å². The Morgan fingerprint density at radius 2 is 1.85 bits per heavy atom. The van der Waals surface area contributed by atoms with Gasteiger partial charge in [-0.3, -0.25) is 9.59 Å². The first-order valence-electron chi connectivity index (χ1n) is 8.47. The molecule has 0 bridgehead atoms. The highest BCUT2D eigenvalue weighted by Crippen LogP contribution is 2.04. The van der Waals surface area contributed by atoms with E-state index in [0.29, 0.717) is 5.69 Å². The van der Waals surface area contributed by atoms with Crippen LogP contribution < -0.4 is 16.4 Å². The predicted molar refractivity (Wildman–Crippen MR) is 97.6 cm³/mol. The van der Waals surface area contributed by atoms with Crippen molar-refractivity contribution in [3.8, 4) is 0 Å². The molecule has 1 aromatic heterocycles. The third kappa shape index (κ3) is 6.23. The number of nitrogens with two attached hydrogens (primary N) is 1. The minimum Gasteiger partial charge on any atom is -0.480 e. The maximum absolute atomic E-state index is 12.3. The fourth-order valence-corrected chi connectivity index (χ4v) is 2.45. The van der Waals surface area contributed by atoms with Crippen LogP contribution in [-0.4, -0.2) is 51.0 Å². The van der Waals surface area contributed by atoms with Crippen LogP contribution in [0, 0.1) is 0 Å². The summed E-state index contributed by atoms with van der Waals surface area (Å²) in [6.07, 6.45) is 3.47. The van der Waals surface area contributed by atoms with E-state index in [0.717, 1.165) is 5.56 Å². The van der Waals surface area contributed by atoms with E-state index in [2.05, 4.69) is 20.6 Å². The van der Waals surface area contributed by atoms with Gasteiger partial charge in [-0.25, -0.2) is 9.78 Å². The van der Waals surface area contributed by atoms with Gasteiger partial charge in [0.2, 0.25) is 11.8 Å². The van der Waals surface area contributed by atoms with Crippen LogP contribution in [0.3, 0.4) is 0 Å². The number of carbonyl (C=O) groups excluding carboxylic acids is 2. The summed E-state index contributed by atoms with van der Waals surface area (Å²) in [6, 6.07) is 6.06. The SMILES string of the molecule is C[C@H](NC(=O)[C@@H](N)Cc1c[nH]cn1)C(=O)N[C@@H](Cc1ccccc1)C(=O)O. The van der Waals surface area contributed by atoms with Crippen molar-refractivity contribution in [2.75, 3.05) is 0 Å². The Balaban J connectivity index is 1.88. The highest BCUT2D eigenvalue weighted by Gasteiger charge is 2.25. The number of nitrogens with zero attached hydrogens (tertiary/aromatic N) is 1. The summed E-state index contributed by atoms with van der Waals surface area (Å²) >= 11 is 0. The van der Waals surface area contributed by atoms with Crippen LogP contribution in [0.25, 0.3) is 0 Å². The molecule has 2 rings (SSSR count). The molecule has 1 heterocycles. The van der Waals surface area contributed by atoms with Crippen LogP contribution in [0.2, 0.25) is 0 Å². The molecule has 0 aliphatic carbocycles. The van der Waals surface area contributed by atoms with Gasteiger partial charge in [0, 0.05) is 19.0 Å². The zero-order chi connectivity index (χ0) is 19.8. The molecule has 9 nitrogen and oxygen atoms in total. The summed E-state index contributed by atoms with van der Waals surface area (Å²) in [5.74, 6) is -2.27. The number of imidazole rings is 1. The van der Waals surface area contributed by atoms with Gasteiger partial charge in [0.05, 0.1) is 18.1 Å². The van der Waals surface area contributed by atoms with Gasteiger partial charge in [0.15, 0.2) is 0 Å². The monoisotopic (exact) mass is 373 g/mol. The third-order valence-electron chi connectivity index (χ3n) is 3.97. The van der Waals surface area contributed by atoms with E-state index in [4.69, 9.17) is 5.73 Å². The second kappa shape index (κ2) is 9.48. The molecule has 2 aromatic rings.